The lowest BCUT2D eigenvalue weighted by atomic mass is 9.99. The van der Waals surface area contributed by atoms with Crippen LogP contribution in [0.2, 0.25) is 0 Å². The Bertz CT molecular complexity index is 625. The van der Waals surface area contributed by atoms with Gasteiger partial charge in [-0.1, -0.05) is 34.1 Å². The first-order valence-electron chi connectivity index (χ1n) is 5.12. The molecule has 0 radical (unpaired) electrons. The van der Waals surface area contributed by atoms with Gasteiger partial charge < -0.3 is 0 Å². The second-order valence-corrected chi connectivity index (χ2v) is 4.54. The Labute approximate surface area is 112 Å². The number of carbonyl (C=O) groups is 1. The van der Waals surface area contributed by atoms with Crippen LogP contribution in [0.1, 0.15) is 10.4 Å². The molecule has 2 aromatic rings. The molecule has 0 fully saturated rings. The average molecular weight is 306 g/mol. The highest BCUT2D eigenvalue weighted by molar-refractivity contribution is 9.10. The minimum absolute atomic E-state index is 0.0112. The van der Waals surface area contributed by atoms with Crippen LogP contribution >= 0.6 is 15.9 Å². The molecule has 0 aliphatic carbocycles. The van der Waals surface area contributed by atoms with E-state index in [-0.39, 0.29) is 5.69 Å². The zero-order valence-corrected chi connectivity index (χ0v) is 10.8. The molecule has 0 saturated heterocycles. The van der Waals surface area contributed by atoms with Crippen LogP contribution in [0.3, 0.4) is 0 Å². The smallest absolute Gasteiger partial charge is 0.277 e. The van der Waals surface area contributed by atoms with Crippen LogP contribution in [-0.2, 0) is 0 Å². The van der Waals surface area contributed by atoms with Crippen molar-refractivity contribution in [2.24, 2.45) is 0 Å². The van der Waals surface area contributed by atoms with E-state index in [0.717, 1.165) is 4.47 Å². The van der Waals surface area contributed by atoms with E-state index in [2.05, 4.69) is 15.9 Å². The van der Waals surface area contributed by atoms with Crippen molar-refractivity contribution >= 4 is 27.9 Å². The van der Waals surface area contributed by atoms with E-state index in [1.165, 1.54) is 6.07 Å². The first kappa shape index (κ1) is 12.4. The average Bonchev–Trinajstić information content (AvgIpc) is 2.38. The van der Waals surface area contributed by atoms with Gasteiger partial charge >= 0.3 is 0 Å². The normalized spacial score (nSPS) is 10.1. The maximum Gasteiger partial charge on any atom is 0.277 e. The Kier molecular flexibility index (Phi) is 3.53. The first-order valence-corrected chi connectivity index (χ1v) is 5.91. The Morgan fingerprint density at radius 2 is 1.83 bits per heavy atom. The molecule has 18 heavy (non-hydrogen) atoms. The highest BCUT2D eigenvalue weighted by Gasteiger charge is 2.16. The summed E-state index contributed by atoms with van der Waals surface area (Å²) in [5, 5.41) is 11.0. The summed E-state index contributed by atoms with van der Waals surface area (Å²) in [5.74, 6) is 0. The molecule has 0 heterocycles. The molecule has 2 aromatic carbocycles. The van der Waals surface area contributed by atoms with E-state index in [0.29, 0.717) is 23.0 Å². The predicted octanol–water partition coefficient (Wildman–Crippen LogP) is 3.84. The third kappa shape index (κ3) is 2.31. The standard InChI is InChI=1S/C13H8BrNO3/c14-10-5-6-11(9(7-10)8-16)12-3-1-2-4-13(12)15(17)18/h1-8H. The fourth-order valence-electron chi connectivity index (χ4n) is 1.74. The third-order valence-corrected chi connectivity index (χ3v) is 3.02. The van der Waals surface area contributed by atoms with E-state index in [1.54, 1.807) is 36.4 Å². The van der Waals surface area contributed by atoms with Crippen molar-refractivity contribution in [3.8, 4) is 11.1 Å². The second kappa shape index (κ2) is 5.10. The van der Waals surface area contributed by atoms with Crippen LogP contribution in [-0.4, -0.2) is 11.2 Å². The molecule has 0 bridgehead atoms. The molecular formula is C13H8BrNO3. The largest absolute Gasteiger partial charge is 0.298 e. The number of nitro benzene ring substituents is 1. The number of hydrogen-bond donors (Lipinski definition) is 0. The molecule has 0 aromatic heterocycles. The molecule has 0 aliphatic rings. The minimum atomic E-state index is -0.452. The molecule has 0 unspecified atom stereocenters. The number of carbonyl (C=O) groups excluding carboxylic acids is 1. The van der Waals surface area contributed by atoms with Crippen LogP contribution < -0.4 is 0 Å². The molecule has 5 heteroatoms. The van der Waals surface area contributed by atoms with Gasteiger partial charge in [0.25, 0.3) is 5.69 Å². The number of para-hydroxylation sites is 1. The molecule has 4 nitrogen and oxygen atoms in total. The third-order valence-electron chi connectivity index (χ3n) is 2.53. The van der Waals surface area contributed by atoms with Gasteiger partial charge in [-0.15, -0.1) is 0 Å². The predicted molar refractivity (Wildman–Crippen MR) is 71.6 cm³/mol. The van der Waals surface area contributed by atoms with Crippen molar-refractivity contribution in [2.75, 3.05) is 0 Å². The summed E-state index contributed by atoms with van der Waals surface area (Å²) in [5.41, 5.74) is 1.40. The van der Waals surface area contributed by atoms with Crippen LogP contribution in [0.4, 0.5) is 5.69 Å². The van der Waals surface area contributed by atoms with Crippen molar-refractivity contribution in [2.45, 2.75) is 0 Å². The summed E-state index contributed by atoms with van der Waals surface area (Å²) in [6, 6.07) is 11.4. The highest BCUT2D eigenvalue weighted by atomic mass is 79.9. The minimum Gasteiger partial charge on any atom is -0.298 e. The van der Waals surface area contributed by atoms with Gasteiger partial charge in [0.1, 0.15) is 0 Å². The lowest BCUT2D eigenvalue weighted by Gasteiger charge is -2.06. The lowest BCUT2D eigenvalue weighted by Crippen LogP contribution is -1.94. The van der Waals surface area contributed by atoms with Gasteiger partial charge in [-0.2, -0.15) is 0 Å². The van der Waals surface area contributed by atoms with Crippen molar-refractivity contribution in [3.05, 3.63) is 62.6 Å². The number of nitrogens with zero attached hydrogens (tertiary/aromatic N) is 1. The molecular weight excluding hydrogens is 298 g/mol. The number of benzene rings is 2. The Balaban J connectivity index is 2.69. The number of halogens is 1. The Morgan fingerprint density at radius 3 is 2.50 bits per heavy atom. The molecule has 2 rings (SSSR count). The maximum atomic E-state index is 11.0. The van der Waals surface area contributed by atoms with E-state index in [9.17, 15) is 14.9 Å². The first-order chi connectivity index (χ1) is 8.63. The van der Waals surface area contributed by atoms with Gasteiger partial charge in [-0.05, 0) is 23.8 Å². The van der Waals surface area contributed by atoms with Crippen molar-refractivity contribution in [3.63, 3.8) is 0 Å². The van der Waals surface area contributed by atoms with Gasteiger partial charge in [0.05, 0.1) is 10.5 Å². The SMILES string of the molecule is O=Cc1cc(Br)ccc1-c1ccccc1[N+](=O)[O-]. The zero-order chi connectivity index (χ0) is 13.1. The summed E-state index contributed by atoms with van der Waals surface area (Å²) >= 11 is 3.26. The van der Waals surface area contributed by atoms with Crippen molar-refractivity contribution in [1.29, 1.82) is 0 Å². The molecule has 0 atom stereocenters. The second-order valence-electron chi connectivity index (χ2n) is 3.62. The van der Waals surface area contributed by atoms with Crippen molar-refractivity contribution in [1.82, 2.24) is 0 Å². The Hall–Kier alpha value is -2.01. The van der Waals surface area contributed by atoms with Crippen LogP contribution in [0.25, 0.3) is 11.1 Å². The number of hydrogen-bond acceptors (Lipinski definition) is 3. The molecule has 90 valence electrons. The number of nitro groups is 1. The van der Waals surface area contributed by atoms with E-state index < -0.39 is 4.92 Å². The summed E-state index contributed by atoms with van der Waals surface area (Å²) < 4.78 is 0.756. The topological polar surface area (TPSA) is 60.2 Å². The van der Waals surface area contributed by atoms with Gasteiger partial charge in [-0.25, -0.2) is 0 Å². The molecule has 0 spiro atoms. The van der Waals surface area contributed by atoms with Crippen LogP contribution in [0.15, 0.2) is 46.9 Å². The zero-order valence-electron chi connectivity index (χ0n) is 9.17. The fourth-order valence-corrected chi connectivity index (χ4v) is 2.12. The molecule has 0 saturated carbocycles. The molecule has 0 aliphatic heterocycles. The van der Waals surface area contributed by atoms with Gasteiger partial charge in [0, 0.05) is 16.1 Å². The summed E-state index contributed by atoms with van der Waals surface area (Å²) in [7, 11) is 0. The molecule has 0 amide bonds. The number of rotatable bonds is 3. The van der Waals surface area contributed by atoms with E-state index in [4.69, 9.17) is 0 Å². The lowest BCUT2D eigenvalue weighted by molar-refractivity contribution is -0.384. The van der Waals surface area contributed by atoms with Gasteiger partial charge in [-0.3, -0.25) is 14.9 Å². The van der Waals surface area contributed by atoms with Crippen LogP contribution in [0, 0.1) is 10.1 Å². The van der Waals surface area contributed by atoms with Gasteiger partial charge in [0.2, 0.25) is 0 Å². The fraction of sp³-hybridized carbons (Fsp3) is 0. The monoisotopic (exact) mass is 305 g/mol. The molecule has 0 N–H and O–H groups in total. The van der Waals surface area contributed by atoms with Crippen molar-refractivity contribution < 1.29 is 9.72 Å². The van der Waals surface area contributed by atoms with E-state index in [1.807, 2.05) is 0 Å². The number of aldehydes is 1. The van der Waals surface area contributed by atoms with Gasteiger partial charge in [0.15, 0.2) is 6.29 Å². The summed E-state index contributed by atoms with van der Waals surface area (Å²) in [6.07, 6.45) is 0.691. The summed E-state index contributed by atoms with van der Waals surface area (Å²) in [4.78, 5) is 21.6. The quantitative estimate of drug-likeness (QED) is 0.492. The van der Waals surface area contributed by atoms with E-state index >= 15 is 0 Å². The summed E-state index contributed by atoms with van der Waals surface area (Å²) in [6.45, 7) is 0. The maximum absolute atomic E-state index is 11.0. The van der Waals surface area contributed by atoms with Crippen LogP contribution in [0.5, 0.6) is 0 Å². The highest BCUT2D eigenvalue weighted by Crippen LogP contribution is 2.32. The Morgan fingerprint density at radius 1 is 1.11 bits per heavy atom.